The van der Waals surface area contributed by atoms with Gasteiger partial charge in [-0.15, -0.1) is 0 Å². The van der Waals surface area contributed by atoms with Gasteiger partial charge in [-0.2, -0.15) is 0 Å². The molecule has 5 heteroatoms. The molecule has 21 heavy (non-hydrogen) atoms. The summed E-state index contributed by atoms with van der Waals surface area (Å²) in [5, 5.41) is 3.38. The molecule has 1 aromatic carbocycles. The van der Waals surface area contributed by atoms with E-state index in [0.29, 0.717) is 23.8 Å². The van der Waals surface area contributed by atoms with Crippen LogP contribution in [0.4, 0.5) is 0 Å². The van der Waals surface area contributed by atoms with Gasteiger partial charge in [-0.1, -0.05) is 12.1 Å². The predicted octanol–water partition coefficient (Wildman–Crippen LogP) is 1.31. The largest absolute Gasteiger partial charge is 0.317 e. The molecule has 2 aliphatic rings. The number of benzene rings is 1. The highest BCUT2D eigenvalue weighted by atomic mass is 16.2. The maximum absolute atomic E-state index is 12.4. The van der Waals surface area contributed by atoms with E-state index < -0.39 is 0 Å². The van der Waals surface area contributed by atoms with Crippen molar-refractivity contribution >= 4 is 11.8 Å². The lowest BCUT2D eigenvalue weighted by Gasteiger charge is -2.30. The van der Waals surface area contributed by atoms with E-state index in [1.807, 2.05) is 7.05 Å². The fraction of sp³-hybridized carbons (Fsp3) is 0.500. The lowest BCUT2D eigenvalue weighted by atomic mass is 10.1. The quantitative estimate of drug-likeness (QED) is 0.852. The molecular formula is C16H21N3O2. The number of carbonyl (C=O) groups is 2. The number of nitrogens with zero attached hydrogens (tertiary/aromatic N) is 2. The van der Waals surface area contributed by atoms with E-state index in [9.17, 15) is 9.59 Å². The third kappa shape index (κ3) is 2.71. The Morgan fingerprint density at radius 3 is 2.48 bits per heavy atom. The lowest BCUT2D eigenvalue weighted by Crippen LogP contribution is -2.44. The Balaban J connectivity index is 1.71. The average Bonchev–Trinajstić information content (AvgIpc) is 2.72. The molecule has 0 saturated carbocycles. The normalized spacial score (nSPS) is 22.6. The standard InChI is InChI=1S/C16H21N3O2/c1-18(12-5-4-9-17-10-8-12)11-19-15(20)13-6-2-3-7-14(13)16(19)21/h2-3,6-7,12,17H,4-5,8-11H2,1H3. The molecular weight excluding hydrogens is 266 g/mol. The summed E-state index contributed by atoms with van der Waals surface area (Å²) in [6.45, 7) is 2.42. The second-order valence-corrected chi connectivity index (χ2v) is 5.82. The molecule has 0 aromatic heterocycles. The number of hydrogen-bond acceptors (Lipinski definition) is 4. The first-order valence-electron chi connectivity index (χ1n) is 7.54. The number of amides is 2. The summed E-state index contributed by atoms with van der Waals surface area (Å²) >= 11 is 0. The Morgan fingerprint density at radius 2 is 1.81 bits per heavy atom. The first-order valence-corrected chi connectivity index (χ1v) is 7.54. The van der Waals surface area contributed by atoms with Gasteiger partial charge in [0.1, 0.15) is 0 Å². The SMILES string of the molecule is CN(CN1C(=O)c2ccccc2C1=O)C1CCCNCC1. The van der Waals surface area contributed by atoms with E-state index >= 15 is 0 Å². The van der Waals surface area contributed by atoms with Crippen LogP contribution in [0.25, 0.3) is 0 Å². The summed E-state index contributed by atoms with van der Waals surface area (Å²) in [4.78, 5) is 28.2. The average molecular weight is 287 g/mol. The van der Waals surface area contributed by atoms with Gasteiger partial charge in [0.15, 0.2) is 0 Å². The molecule has 1 saturated heterocycles. The van der Waals surface area contributed by atoms with Gasteiger partial charge in [0.2, 0.25) is 0 Å². The third-order valence-corrected chi connectivity index (χ3v) is 4.41. The molecule has 1 unspecified atom stereocenters. The highest BCUT2D eigenvalue weighted by Gasteiger charge is 2.36. The molecule has 1 atom stereocenters. The maximum atomic E-state index is 12.4. The van der Waals surface area contributed by atoms with Crippen LogP contribution in [0, 0.1) is 0 Å². The van der Waals surface area contributed by atoms with Crippen LogP contribution in [0.15, 0.2) is 24.3 Å². The van der Waals surface area contributed by atoms with Gasteiger partial charge in [-0.3, -0.25) is 19.4 Å². The minimum Gasteiger partial charge on any atom is -0.317 e. The van der Waals surface area contributed by atoms with Crippen molar-refractivity contribution in [3.63, 3.8) is 0 Å². The first-order chi connectivity index (χ1) is 10.2. The van der Waals surface area contributed by atoms with E-state index in [1.54, 1.807) is 24.3 Å². The number of rotatable bonds is 3. The molecule has 1 N–H and O–H groups in total. The van der Waals surface area contributed by atoms with Crippen molar-refractivity contribution in [1.82, 2.24) is 15.1 Å². The molecule has 0 radical (unpaired) electrons. The molecule has 0 spiro atoms. The van der Waals surface area contributed by atoms with E-state index in [1.165, 1.54) is 4.90 Å². The minimum atomic E-state index is -0.172. The van der Waals surface area contributed by atoms with Crippen LogP contribution in [0.3, 0.4) is 0 Å². The number of imide groups is 1. The molecule has 0 bridgehead atoms. The van der Waals surface area contributed by atoms with Gasteiger partial charge in [-0.05, 0) is 51.5 Å². The van der Waals surface area contributed by atoms with Crippen LogP contribution < -0.4 is 5.32 Å². The molecule has 1 aromatic rings. The number of hydrogen-bond donors (Lipinski definition) is 1. The number of nitrogens with one attached hydrogen (secondary N) is 1. The minimum absolute atomic E-state index is 0.172. The van der Waals surface area contributed by atoms with Gasteiger partial charge in [0, 0.05) is 6.04 Å². The van der Waals surface area contributed by atoms with Crippen molar-refractivity contribution in [2.45, 2.75) is 25.3 Å². The highest BCUT2D eigenvalue weighted by molar-refractivity contribution is 6.21. The van der Waals surface area contributed by atoms with E-state index in [0.717, 1.165) is 32.4 Å². The fourth-order valence-electron chi connectivity index (χ4n) is 3.15. The van der Waals surface area contributed by atoms with E-state index in [-0.39, 0.29) is 11.8 Å². The van der Waals surface area contributed by atoms with Crippen molar-refractivity contribution in [2.75, 3.05) is 26.8 Å². The molecule has 2 heterocycles. The number of fused-ring (bicyclic) bond motifs is 1. The van der Waals surface area contributed by atoms with Gasteiger partial charge < -0.3 is 5.32 Å². The molecule has 1 fully saturated rings. The number of carbonyl (C=O) groups excluding carboxylic acids is 2. The lowest BCUT2D eigenvalue weighted by molar-refractivity contribution is 0.0516. The Hall–Kier alpha value is -1.72. The summed E-state index contributed by atoms with van der Waals surface area (Å²) in [5.41, 5.74) is 1.05. The van der Waals surface area contributed by atoms with Crippen molar-refractivity contribution in [1.29, 1.82) is 0 Å². The summed E-state index contributed by atoms with van der Waals surface area (Å²) < 4.78 is 0. The fourth-order valence-corrected chi connectivity index (χ4v) is 3.15. The van der Waals surface area contributed by atoms with Crippen LogP contribution in [0.5, 0.6) is 0 Å². The Labute approximate surface area is 124 Å². The second-order valence-electron chi connectivity index (χ2n) is 5.82. The summed E-state index contributed by atoms with van der Waals surface area (Å²) in [7, 11) is 2.00. The van der Waals surface area contributed by atoms with Crippen molar-refractivity contribution in [3.8, 4) is 0 Å². The highest BCUT2D eigenvalue weighted by Crippen LogP contribution is 2.23. The molecule has 3 rings (SSSR count). The first kappa shape index (κ1) is 14.2. The van der Waals surface area contributed by atoms with Crippen molar-refractivity contribution in [3.05, 3.63) is 35.4 Å². The smallest absolute Gasteiger partial charge is 0.262 e. The molecule has 2 amide bonds. The summed E-state index contributed by atoms with van der Waals surface area (Å²) in [6.07, 6.45) is 3.30. The molecule has 0 aliphatic carbocycles. The Kier molecular flexibility index (Phi) is 4.03. The van der Waals surface area contributed by atoms with Crippen molar-refractivity contribution in [2.24, 2.45) is 0 Å². The summed E-state index contributed by atoms with van der Waals surface area (Å²) in [6, 6.07) is 7.47. The molecule has 5 nitrogen and oxygen atoms in total. The topological polar surface area (TPSA) is 52.7 Å². The van der Waals surface area contributed by atoms with Gasteiger partial charge in [-0.25, -0.2) is 0 Å². The van der Waals surface area contributed by atoms with Crippen LogP contribution in [-0.2, 0) is 0 Å². The van der Waals surface area contributed by atoms with Crippen LogP contribution in [0.2, 0.25) is 0 Å². The second kappa shape index (κ2) is 5.95. The summed E-state index contributed by atoms with van der Waals surface area (Å²) in [5.74, 6) is -0.344. The Morgan fingerprint density at radius 1 is 1.14 bits per heavy atom. The zero-order chi connectivity index (χ0) is 14.8. The molecule has 2 aliphatic heterocycles. The van der Waals surface area contributed by atoms with Crippen molar-refractivity contribution < 1.29 is 9.59 Å². The Bertz CT molecular complexity index is 515. The van der Waals surface area contributed by atoms with Gasteiger partial charge in [0.25, 0.3) is 11.8 Å². The van der Waals surface area contributed by atoms with Gasteiger partial charge >= 0.3 is 0 Å². The van der Waals surface area contributed by atoms with E-state index in [2.05, 4.69) is 10.2 Å². The van der Waals surface area contributed by atoms with Gasteiger partial charge in [0.05, 0.1) is 17.8 Å². The third-order valence-electron chi connectivity index (χ3n) is 4.41. The molecule has 112 valence electrons. The monoisotopic (exact) mass is 287 g/mol. The van der Waals surface area contributed by atoms with Crippen LogP contribution in [-0.4, -0.2) is 54.5 Å². The maximum Gasteiger partial charge on any atom is 0.262 e. The van der Waals surface area contributed by atoms with Crippen LogP contribution >= 0.6 is 0 Å². The zero-order valence-electron chi connectivity index (χ0n) is 12.3. The predicted molar refractivity (Wildman–Crippen MR) is 80.1 cm³/mol. The zero-order valence-corrected chi connectivity index (χ0v) is 12.3. The van der Waals surface area contributed by atoms with E-state index in [4.69, 9.17) is 0 Å². The van der Waals surface area contributed by atoms with Crippen LogP contribution in [0.1, 0.15) is 40.0 Å².